The number of nitrogens with zero attached hydrogens (tertiary/aromatic N) is 3. The van der Waals surface area contributed by atoms with Gasteiger partial charge in [0, 0.05) is 18.9 Å². The molecule has 110 valence electrons. The van der Waals surface area contributed by atoms with Crippen molar-refractivity contribution >= 4 is 17.5 Å². The number of anilines is 2. The Bertz CT molecular complexity index is 706. The summed E-state index contributed by atoms with van der Waals surface area (Å²) in [6.45, 7) is 1.88. The molecule has 3 rings (SSSR count). The summed E-state index contributed by atoms with van der Waals surface area (Å²) in [5, 5.41) is 16.8. The molecule has 6 heteroatoms. The van der Waals surface area contributed by atoms with Crippen molar-refractivity contribution < 1.29 is 9.90 Å². The highest BCUT2D eigenvalue weighted by atomic mass is 16.4. The Labute approximate surface area is 122 Å². The predicted molar refractivity (Wildman–Crippen MR) is 79.1 cm³/mol. The quantitative estimate of drug-likeness (QED) is 0.906. The molecule has 2 aromatic rings. The SMILES string of the molecule is Cc1nn(C)cc1Nc1nc2c(cc1C(=O)O)CCCC2. The standard InChI is InChI=1S/C15H18N4O2/c1-9-13(8-19(2)18-9)17-14-11(15(20)21)7-10-5-3-4-6-12(10)16-14/h7-8H,3-6H2,1-2H3,(H,16,17)(H,20,21). The third-order valence-corrected chi connectivity index (χ3v) is 3.80. The van der Waals surface area contributed by atoms with Gasteiger partial charge in [0.05, 0.1) is 11.4 Å². The number of aromatic nitrogens is 3. The molecule has 1 aliphatic carbocycles. The van der Waals surface area contributed by atoms with Gasteiger partial charge in [0.2, 0.25) is 0 Å². The lowest BCUT2D eigenvalue weighted by atomic mass is 9.94. The van der Waals surface area contributed by atoms with Crippen molar-refractivity contribution in [3.05, 3.63) is 34.8 Å². The highest BCUT2D eigenvalue weighted by Gasteiger charge is 2.19. The fourth-order valence-electron chi connectivity index (χ4n) is 2.74. The van der Waals surface area contributed by atoms with Crippen molar-refractivity contribution in [3.8, 4) is 0 Å². The Hall–Kier alpha value is -2.37. The molecule has 0 aliphatic heterocycles. The number of hydrogen-bond acceptors (Lipinski definition) is 4. The van der Waals surface area contributed by atoms with Crippen LogP contribution < -0.4 is 5.32 Å². The van der Waals surface area contributed by atoms with Crippen LogP contribution in [0.4, 0.5) is 11.5 Å². The van der Waals surface area contributed by atoms with Gasteiger partial charge >= 0.3 is 5.97 Å². The molecule has 0 radical (unpaired) electrons. The van der Waals surface area contributed by atoms with E-state index in [0.29, 0.717) is 5.82 Å². The average Bonchev–Trinajstić information content (AvgIpc) is 2.76. The zero-order valence-corrected chi connectivity index (χ0v) is 12.2. The largest absolute Gasteiger partial charge is 0.478 e. The van der Waals surface area contributed by atoms with Gasteiger partial charge in [-0.25, -0.2) is 9.78 Å². The molecule has 21 heavy (non-hydrogen) atoms. The van der Waals surface area contributed by atoms with Gasteiger partial charge in [-0.2, -0.15) is 5.10 Å². The minimum absolute atomic E-state index is 0.221. The Morgan fingerprint density at radius 1 is 1.38 bits per heavy atom. The van der Waals surface area contributed by atoms with Crippen molar-refractivity contribution in [3.63, 3.8) is 0 Å². The summed E-state index contributed by atoms with van der Waals surface area (Å²) in [6.07, 6.45) is 5.85. The number of carboxylic acid groups (broad SMARTS) is 1. The van der Waals surface area contributed by atoms with Gasteiger partial charge in [-0.1, -0.05) is 0 Å². The lowest BCUT2D eigenvalue weighted by molar-refractivity contribution is 0.0697. The second-order valence-electron chi connectivity index (χ2n) is 5.43. The van der Waals surface area contributed by atoms with E-state index < -0.39 is 5.97 Å². The summed E-state index contributed by atoms with van der Waals surface area (Å²) in [5.41, 5.74) is 3.89. The minimum Gasteiger partial charge on any atom is -0.478 e. The van der Waals surface area contributed by atoms with Crippen molar-refractivity contribution in [2.24, 2.45) is 7.05 Å². The zero-order valence-electron chi connectivity index (χ0n) is 12.2. The number of rotatable bonds is 3. The molecule has 0 fully saturated rings. The van der Waals surface area contributed by atoms with Crippen LogP contribution >= 0.6 is 0 Å². The molecular formula is C15H18N4O2. The fraction of sp³-hybridized carbons (Fsp3) is 0.400. The molecule has 0 aromatic carbocycles. The van der Waals surface area contributed by atoms with Gasteiger partial charge in [-0.15, -0.1) is 0 Å². The zero-order chi connectivity index (χ0) is 15.0. The van der Waals surface area contributed by atoms with Crippen molar-refractivity contribution in [1.82, 2.24) is 14.8 Å². The second kappa shape index (κ2) is 5.20. The minimum atomic E-state index is -0.958. The summed E-state index contributed by atoms with van der Waals surface area (Å²) in [4.78, 5) is 16.0. The third-order valence-electron chi connectivity index (χ3n) is 3.80. The normalized spacial score (nSPS) is 13.8. The third kappa shape index (κ3) is 2.61. The Balaban J connectivity index is 2.03. The topological polar surface area (TPSA) is 80.0 Å². The molecule has 0 spiro atoms. The lowest BCUT2D eigenvalue weighted by Gasteiger charge is -2.18. The first kappa shape index (κ1) is 13.6. The monoisotopic (exact) mass is 286 g/mol. The van der Waals surface area contributed by atoms with E-state index in [1.807, 2.05) is 20.2 Å². The summed E-state index contributed by atoms with van der Waals surface area (Å²) in [7, 11) is 1.83. The van der Waals surface area contributed by atoms with E-state index >= 15 is 0 Å². The van der Waals surface area contributed by atoms with E-state index in [4.69, 9.17) is 0 Å². The Morgan fingerprint density at radius 3 is 2.81 bits per heavy atom. The molecule has 0 unspecified atom stereocenters. The molecular weight excluding hydrogens is 268 g/mol. The molecule has 0 atom stereocenters. The maximum absolute atomic E-state index is 11.5. The number of aryl methyl sites for hydroxylation is 4. The van der Waals surface area contributed by atoms with Crippen LogP contribution in [0.5, 0.6) is 0 Å². The van der Waals surface area contributed by atoms with E-state index in [1.54, 1.807) is 10.7 Å². The Kier molecular flexibility index (Phi) is 3.37. The van der Waals surface area contributed by atoms with Crippen LogP contribution in [0.2, 0.25) is 0 Å². The highest BCUT2D eigenvalue weighted by molar-refractivity contribution is 5.94. The van der Waals surface area contributed by atoms with Gasteiger partial charge in [-0.05, 0) is 44.2 Å². The number of carboxylic acids is 1. The van der Waals surface area contributed by atoms with Gasteiger partial charge in [0.1, 0.15) is 11.4 Å². The summed E-state index contributed by atoms with van der Waals surface area (Å²) >= 11 is 0. The van der Waals surface area contributed by atoms with E-state index in [2.05, 4.69) is 15.4 Å². The molecule has 2 aromatic heterocycles. The van der Waals surface area contributed by atoms with Crippen LogP contribution in [0.1, 0.15) is 40.2 Å². The van der Waals surface area contributed by atoms with Gasteiger partial charge < -0.3 is 10.4 Å². The first-order chi connectivity index (χ1) is 10.0. The second-order valence-corrected chi connectivity index (χ2v) is 5.43. The van der Waals surface area contributed by atoms with E-state index in [-0.39, 0.29) is 5.56 Å². The summed E-state index contributed by atoms with van der Waals surface area (Å²) in [6, 6.07) is 1.76. The first-order valence-corrected chi connectivity index (χ1v) is 7.08. The number of aromatic carboxylic acids is 1. The van der Waals surface area contributed by atoms with Crippen molar-refractivity contribution in [2.75, 3.05) is 5.32 Å². The van der Waals surface area contributed by atoms with Gasteiger partial charge in [-0.3, -0.25) is 4.68 Å². The van der Waals surface area contributed by atoms with Crippen molar-refractivity contribution in [1.29, 1.82) is 0 Å². The molecule has 0 saturated heterocycles. The van der Waals surface area contributed by atoms with Crippen LogP contribution in [-0.4, -0.2) is 25.8 Å². The molecule has 0 amide bonds. The van der Waals surface area contributed by atoms with Gasteiger partial charge in [0.25, 0.3) is 0 Å². The molecule has 6 nitrogen and oxygen atoms in total. The van der Waals surface area contributed by atoms with Gasteiger partial charge in [0.15, 0.2) is 0 Å². The number of hydrogen-bond donors (Lipinski definition) is 2. The maximum atomic E-state index is 11.5. The van der Waals surface area contributed by atoms with Crippen molar-refractivity contribution in [2.45, 2.75) is 32.6 Å². The molecule has 2 heterocycles. The molecule has 1 aliphatic rings. The highest BCUT2D eigenvalue weighted by Crippen LogP contribution is 2.27. The number of pyridine rings is 1. The average molecular weight is 286 g/mol. The summed E-state index contributed by atoms with van der Waals surface area (Å²) in [5.74, 6) is -0.556. The van der Waals surface area contributed by atoms with Crippen LogP contribution in [0.15, 0.2) is 12.3 Å². The van der Waals surface area contributed by atoms with E-state index in [0.717, 1.165) is 48.3 Å². The molecule has 2 N–H and O–H groups in total. The molecule has 0 saturated carbocycles. The summed E-state index contributed by atoms with van der Waals surface area (Å²) < 4.78 is 1.69. The van der Waals surface area contributed by atoms with Crippen LogP contribution in [0.3, 0.4) is 0 Å². The smallest absolute Gasteiger partial charge is 0.339 e. The van der Waals surface area contributed by atoms with Crippen LogP contribution in [0.25, 0.3) is 0 Å². The fourth-order valence-corrected chi connectivity index (χ4v) is 2.74. The number of carbonyl (C=O) groups is 1. The van der Waals surface area contributed by atoms with Crippen LogP contribution in [0, 0.1) is 6.92 Å². The first-order valence-electron chi connectivity index (χ1n) is 7.08. The van der Waals surface area contributed by atoms with Crippen LogP contribution in [-0.2, 0) is 19.9 Å². The Morgan fingerprint density at radius 2 is 2.14 bits per heavy atom. The predicted octanol–water partition coefficient (Wildman–Crippen LogP) is 2.44. The van der Waals surface area contributed by atoms with E-state index in [1.165, 1.54) is 0 Å². The number of fused-ring (bicyclic) bond motifs is 1. The number of nitrogens with one attached hydrogen (secondary N) is 1. The van der Waals surface area contributed by atoms with E-state index in [9.17, 15) is 9.90 Å². The lowest BCUT2D eigenvalue weighted by Crippen LogP contribution is -2.12. The maximum Gasteiger partial charge on any atom is 0.339 e. The molecule has 0 bridgehead atoms.